The normalized spacial score (nSPS) is 12.1. The highest BCUT2D eigenvalue weighted by atomic mass is 35.5. The van der Waals surface area contributed by atoms with Crippen LogP contribution in [0.1, 0.15) is 36.1 Å². The molecule has 0 aliphatic rings. The molecular formula is C22H15Cl3F3N5O2. The summed E-state index contributed by atoms with van der Waals surface area (Å²) in [6.45, 7) is 2.84. The van der Waals surface area contributed by atoms with Crippen molar-refractivity contribution in [1.29, 1.82) is 0 Å². The maximum atomic E-state index is 13.1. The molecule has 0 unspecified atom stereocenters. The standard InChI is InChI=1S/C22H15Cl3F3N5O2/c1-21(2,19-31-32-20(35-19)22(26,27)28)30-18(34)15-10-33(16-8-7-13(24)9-14(16)25)17(29-15)11-3-5-12(23)6-4-11/h3-10H,1-2H3,(H,30,34). The summed E-state index contributed by atoms with van der Waals surface area (Å²) in [5.74, 6) is -2.26. The maximum Gasteiger partial charge on any atom is 0.470 e. The van der Waals surface area contributed by atoms with E-state index in [1.807, 2.05) is 0 Å². The van der Waals surface area contributed by atoms with Crippen molar-refractivity contribution in [3.63, 3.8) is 0 Å². The maximum absolute atomic E-state index is 13.1. The van der Waals surface area contributed by atoms with Gasteiger partial charge in [0, 0.05) is 21.8 Å². The monoisotopic (exact) mass is 543 g/mol. The van der Waals surface area contributed by atoms with Crippen LogP contribution in [0.15, 0.2) is 53.1 Å². The lowest BCUT2D eigenvalue weighted by atomic mass is 10.1. The van der Waals surface area contributed by atoms with E-state index in [2.05, 4.69) is 20.5 Å². The van der Waals surface area contributed by atoms with E-state index < -0.39 is 29.4 Å². The largest absolute Gasteiger partial charge is 0.470 e. The Morgan fingerprint density at radius 2 is 1.60 bits per heavy atom. The Balaban J connectivity index is 1.72. The smallest absolute Gasteiger partial charge is 0.415 e. The Morgan fingerprint density at radius 3 is 2.20 bits per heavy atom. The van der Waals surface area contributed by atoms with Crippen molar-refractivity contribution in [2.45, 2.75) is 25.6 Å². The molecule has 13 heteroatoms. The van der Waals surface area contributed by atoms with Crippen molar-refractivity contribution in [3.05, 3.63) is 81.2 Å². The van der Waals surface area contributed by atoms with Crippen LogP contribution in [-0.4, -0.2) is 25.7 Å². The Morgan fingerprint density at radius 1 is 0.971 bits per heavy atom. The predicted octanol–water partition coefficient (Wildman–Crippen LogP) is 6.57. The lowest BCUT2D eigenvalue weighted by Gasteiger charge is -2.21. The van der Waals surface area contributed by atoms with Gasteiger partial charge in [-0.15, -0.1) is 10.2 Å². The van der Waals surface area contributed by atoms with Gasteiger partial charge in [-0.05, 0) is 56.3 Å². The van der Waals surface area contributed by atoms with Crippen LogP contribution in [-0.2, 0) is 11.7 Å². The molecular weight excluding hydrogens is 530 g/mol. The third kappa shape index (κ3) is 5.29. The third-order valence-electron chi connectivity index (χ3n) is 4.84. The summed E-state index contributed by atoms with van der Waals surface area (Å²) in [5, 5.41) is 10.2. The summed E-state index contributed by atoms with van der Waals surface area (Å²) in [5.41, 5.74) is -0.344. The molecule has 0 aliphatic carbocycles. The van der Waals surface area contributed by atoms with Gasteiger partial charge in [0.1, 0.15) is 17.1 Å². The number of hydrogen-bond acceptors (Lipinski definition) is 5. The van der Waals surface area contributed by atoms with E-state index >= 15 is 0 Å². The Labute approximate surface area is 211 Å². The molecule has 35 heavy (non-hydrogen) atoms. The van der Waals surface area contributed by atoms with Crippen LogP contribution in [0.25, 0.3) is 17.1 Å². The van der Waals surface area contributed by atoms with E-state index in [9.17, 15) is 18.0 Å². The Bertz CT molecular complexity index is 1400. The SMILES string of the molecule is CC(C)(NC(=O)c1cn(-c2ccc(Cl)cc2Cl)c(-c2ccc(Cl)cc2)n1)c1nnc(C(F)(F)F)o1. The first-order valence-corrected chi connectivity index (χ1v) is 11.0. The van der Waals surface area contributed by atoms with E-state index in [0.717, 1.165) is 0 Å². The van der Waals surface area contributed by atoms with Crippen molar-refractivity contribution >= 4 is 40.7 Å². The zero-order valence-corrected chi connectivity index (χ0v) is 20.3. The zero-order valence-electron chi connectivity index (χ0n) is 18.0. The van der Waals surface area contributed by atoms with Crippen LogP contribution < -0.4 is 5.32 Å². The number of hydrogen-bond donors (Lipinski definition) is 1. The molecule has 0 fully saturated rings. The summed E-state index contributed by atoms with van der Waals surface area (Å²) < 4.78 is 44.9. The molecule has 1 amide bonds. The molecule has 4 aromatic rings. The predicted molar refractivity (Wildman–Crippen MR) is 124 cm³/mol. The van der Waals surface area contributed by atoms with Gasteiger partial charge in [0.2, 0.25) is 5.89 Å². The summed E-state index contributed by atoms with van der Waals surface area (Å²) in [6, 6.07) is 11.6. The minimum absolute atomic E-state index is 0.0374. The van der Waals surface area contributed by atoms with E-state index in [1.165, 1.54) is 20.0 Å². The number of carbonyl (C=O) groups is 1. The average Bonchev–Trinajstić information content (AvgIpc) is 3.42. The number of halogens is 6. The lowest BCUT2D eigenvalue weighted by molar-refractivity contribution is -0.157. The summed E-state index contributed by atoms with van der Waals surface area (Å²) in [7, 11) is 0. The summed E-state index contributed by atoms with van der Waals surface area (Å²) in [6.07, 6.45) is -3.37. The summed E-state index contributed by atoms with van der Waals surface area (Å²) in [4.78, 5) is 17.5. The number of nitrogens with zero attached hydrogens (tertiary/aromatic N) is 4. The van der Waals surface area contributed by atoms with Crippen LogP contribution in [0.2, 0.25) is 15.1 Å². The highest BCUT2D eigenvalue weighted by Gasteiger charge is 2.40. The Kier molecular flexibility index (Phi) is 6.56. The van der Waals surface area contributed by atoms with E-state index in [-0.39, 0.29) is 5.69 Å². The number of benzene rings is 2. The molecule has 0 aliphatic heterocycles. The van der Waals surface area contributed by atoms with Crippen molar-refractivity contribution < 1.29 is 22.4 Å². The average molecular weight is 545 g/mol. The highest BCUT2D eigenvalue weighted by molar-refractivity contribution is 6.35. The van der Waals surface area contributed by atoms with Gasteiger partial charge >= 0.3 is 12.1 Å². The quantitative estimate of drug-likeness (QED) is 0.307. The van der Waals surface area contributed by atoms with Crippen LogP contribution in [0.3, 0.4) is 0 Å². The Hall–Kier alpha value is -3.08. The fourth-order valence-corrected chi connectivity index (χ4v) is 3.77. The van der Waals surface area contributed by atoms with Crippen molar-refractivity contribution in [2.24, 2.45) is 0 Å². The minimum atomic E-state index is -4.81. The molecule has 0 bridgehead atoms. The van der Waals surface area contributed by atoms with Gasteiger partial charge in [0.05, 0.1) is 10.7 Å². The molecule has 0 spiro atoms. The number of imidazole rings is 1. The first-order valence-electron chi connectivity index (χ1n) is 9.89. The van der Waals surface area contributed by atoms with Gasteiger partial charge in [-0.1, -0.05) is 34.8 Å². The molecule has 4 rings (SSSR count). The topological polar surface area (TPSA) is 85.8 Å². The number of aromatic nitrogens is 4. The first-order chi connectivity index (χ1) is 16.3. The fourth-order valence-electron chi connectivity index (χ4n) is 3.14. The summed E-state index contributed by atoms with van der Waals surface area (Å²) >= 11 is 18.4. The zero-order chi connectivity index (χ0) is 25.5. The number of amides is 1. The second-order valence-electron chi connectivity index (χ2n) is 7.91. The van der Waals surface area contributed by atoms with Crippen LogP contribution in [0.5, 0.6) is 0 Å². The second-order valence-corrected chi connectivity index (χ2v) is 9.19. The fraction of sp³-hybridized carbons (Fsp3) is 0.182. The van der Waals surface area contributed by atoms with Crippen LogP contribution >= 0.6 is 34.8 Å². The molecule has 1 N–H and O–H groups in total. The third-order valence-corrected chi connectivity index (χ3v) is 5.63. The molecule has 2 aromatic carbocycles. The van der Waals surface area contributed by atoms with Crippen molar-refractivity contribution in [2.75, 3.05) is 0 Å². The minimum Gasteiger partial charge on any atom is -0.415 e. The van der Waals surface area contributed by atoms with Crippen molar-refractivity contribution in [3.8, 4) is 17.1 Å². The van der Waals surface area contributed by atoms with Crippen LogP contribution in [0.4, 0.5) is 13.2 Å². The molecule has 0 atom stereocenters. The van der Waals surface area contributed by atoms with E-state index in [4.69, 9.17) is 39.2 Å². The molecule has 0 radical (unpaired) electrons. The van der Waals surface area contributed by atoms with E-state index in [1.54, 1.807) is 47.0 Å². The van der Waals surface area contributed by atoms with Gasteiger partial charge < -0.3 is 9.73 Å². The molecule has 182 valence electrons. The van der Waals surface area contributed by atoms with E-state index in [0.29, 0.717) is 32.1 Å². The number of nitrogens with one attached hydrogen (secondary N) is 1. The first kappa shape index (κ1) is 25.0. The molecule has 7 nitrogen and oxygen atoms in total. The molecule has 2 heterocycles. The molecule has 0 saturated carbocycles. The van der Waals surface area contributed by atoms with Crippen molar-refractivity contribution in [1.82, 2.24) is 25.1 Å². The molecule has 0 saturated heterocycles. The number of carbonyl (C=O) groups excluding carboxylic acids is 1. The van der Waals surface area contributed by atoms with Gasteiger partial charge in [0.15, 0.2) is 0 Å². The lowest BCUT2D eigenvalue weighted by Crippen LogP contribution is -2.41. The molecule has 2 aromatic heterocycles. The van der Waals surface area contributed by atoms with Gasteiger partial charge in [-0.3, -0.25) is 9.36 Å². The van der Waals surface area contributed by atoms with Gasteiger partial charge in [-0.25, -0.2) is 4.98 Å². The van der Waals surface area contributed by atoms with Gasteiger partial charge in [0.25, 0.3) is 5.91 Å². The van der Waals surface area contributed by atoms with Crippen LogP contribution in [0, 0.1) is 0 Å². The van der Waals surface area contributed by atoms with Gasteiger partial charge in [-0.2, -0.15) is 13.2 Å². The number of alkyl halides is 3. The highest BCUT2D eigenvalue weighted by Crippen LogP contribution is 2.32. The second kappa shape index (κ2) is 9.18. The number of rotatable bonds is 5.